The lowest BCUT2D eigenvalue weighted by Gasteiger charge is -2.20. The minimum atomic E-state index is 0.530. The number of halogens is 2. The molecule has 1 heterocycles. The van der Waals surface area contributed by atoms with Gasteiger partial charge in [0.25, 0.3) is 0 Å². The first kappa shape index (κ1) is 13.0. The van der Waals surface area contributed by atoms with Crippen molar-refractivity contribution < 1.29 is 0 Å². The third-order valence-electron chi connectivity index (χ3n) is 2.59. The molecule has 94 valence electrons. The smallest absolute Gasteiger partial charge is 0.151 e. The minimum absolute atomic E-state index is 0.530. The maximum Gasteiger partial charge on any atom is 0.151 e. The topological polar surface area (TPSA) is 42.2 Å². The molecule has 0 radical (unpaired) electrons. The number of hydrogen-bond donors (Lipinski definition) is 1. The summed E-state index contributed by atoms with van der Waals surface area (Å²) in [5.74, 6) is 0.694. The van der Waals surface area contributed by atoms with Crippen LogP contribution in [0.2, 0.25) is 10.0 Å². The summed E-state index contributed by atoms with van der Waals surface area (Å²) in [7, 11) is 1.91. The Morgan fingerprint density at radius 3 is 2.67 bits per heavy atom. The maximum atomic E-state index is 6.12. The van der Waals surface area contributed by atoms with E-state index in [0.29, 0.717) is 23.1 Å². The first-order valence-corrected chi connectivity index (χ1v) is 6.19. The third kappa shape index (κ3) is 2.86. The molecule has 0 saturated heterocycles. The summed E-state index contributed by atoms with van der Waals surface area (Å²) in [6.45, 7) is 0.637. The van der Waals surface area contributed by atoms with Crippen LogP contribution in [0.1, 0.15) is 5.56 Å². The molecule has 2 N–H and O–H groups in total. The lowest BCUT2D eigenvalue weighted by atomic mass is 10.2. The first-order valence-electron chi connectivity index (χ1n) is 5.43. The number of nitrogens with zero attached hydrogens (tertiary/aromatic N) is 2. The molecule has 0 aliphatic carbocycles. The van der Waals surface area contributed by atoms with Crippen LogP contribution in [0.25, 0.3) is 0 Å². The highest BCUT2D eigenvalue weighted by Crippen LogP contribution is 2.25. The van der Waals surface area contributed by atoms with E-state index in [4.69, 9.17) is 28.9 Å². The van der Waals surface area contributed by atoms with E-state index in [1.807, 2.05) is 36.2 Å². The monoisotopic (exact) mass is 281 g/mol. The van der Waals surface area contributed by atoms with Crippen molar-refractivity contribution in [1.29, 1.82) is 0 Å². The molecule has 0 spiro atoms. The number of anilines is 2. The van der Waals surface area contributed by atoms with Gasteiger partial charge in [0.15, 0.2) is 5.82 Å². The highest BCUT2D eigenvalue weighted by Gasteiger charge is 2.09. The number of hydrogen-bond acceptors (Lipinski definition) is 3. The average molecular weight is 282 g/mol. The largest absolute Gasteiger partial charge is 0.396 e. The lowest BCUT2D eigenvalue weighted by Crippen LogP contribution is -2.19. The molecule has 2 aromatic rings. The SMILES string of the molecule is CN(Cc1ccccc1Cl)c1ncc(Cl)cc1N. The Morgan fingerprint density at radius 1 is 1.28 bits per heavy atom. The van der Waals surface area contributed by atoms with E-state index in [2.05, 4.69) is 4.98 Å². The van der Waals surface area contributed by atoms with Crippen molar-refractivity contribution in [3.63, 3.8) is 0 Å². The Balaban J connectivity index is 2.22. The van der Waals surface area contributed by atoms with Gasteiger partial charge in [0.05, 0.1) is 10.7 Å². The maximum absolute atomic E-state index is 6.12. The summed E-state index contributed by atoms with van der Waals surface area (Å²) in [6.07, 6.45) is 1.58. The fourth-order valence-electron chi connectivity index (χ4n) is 1.72. The molecular formula is C13H13Cl2N3. The van der Waals surface area contributed by atoms with Gasteiger partial charge in [-0.2, -0.15) is 0 Å². The Kier molecular flexibility index (Phi) is 3.94. The van der Waals surface area contributed by atoms with Crippen molar-refractivity contribution >= 4 is 34.7 Å². The molecule has 0 bridgehead atoms. The lowest BCUT2D eigenvalue weighted by molar-refractivity contribution is 0.900. The molecule has 5 heteroatoms. The van der Waals surface area contributed by atoms with Gasteiger partial charge in [0.1, 0.15) is 0 Å². The van der Waals surface area contributed by atoms with Gasteiger partial charge in [-0.3, -0.25) is 0 Å². The summed E-state index contributed by atoms with van der Waals surface area (Å²) >= 11 is 11.9. The predicted molar refractivity (Wildman–Crippen MR) is 77.2 cm³/mol. The van der Waals surface area contributed by atoms with Gasteiger partial charge < -0.3 is 10.6 Å². The van der Waals surface area contributed by atoms with Gasteiger partial charge in [0.2, 0.25) is 0 Å². The fourth-order valence-corrected chi connectivity index (χ4v) is 2.09. The van der Waals surface area contributed by atoms with Crippen molar-refractivity contribution in [3.8, 4) is 0 Å². The van der Waals surface area contributed by atoms with E-state index in [9.17, 15) is 0 Å². The van der Waals surface area contributed by atoms with Crippen molar-refractivity contribution in [2.24, 2.45) is 0 Å². The third-order valence-corrected chi connectivity index (χ3v) is 3.16. The van der Waals surface area contributed by atoms with Crippen LogP contribution < -0.4 is 10.6 Å². The molecule has 0 amide bonds. The zero-order valence-corrected chi connectivity index (χ0v) is 11.4. The molecule has 1 aromatic heterocycles. The summed E-state index contributed by atoms with van der Waals surface area (Å²) in [5.41, 5.74) is 7.47. The zero-order chi connectivity index (χ0) is 13.1. The molecule has 18 heavy (non-hydrogen) atoms. The second kappa shape index (κ2) is 5.46. The highest BCUT2D eigenvalue weighted by atomic mass is 35.5. The van der Waals surface area contributed by atoms with Crippen LogP contribution in [0.3, 0.4) is 0 Å². The molecule has 3 nitrogen and oxygen atoms in total. The number of aromatic nitrogens is 1. The van der Waals surface area contributed by atoms with E-state index in [0.717, 1.165) is 10.6 Å². The van der Waals surface area contributed by atoms with E-state index < -0.39 is 0 Å². The number of rotatable bonds is 3. The van der Waals surface area contributed by atoms with Crippen molar-refractivity contribution in [2.75, 3.05) is 17.7 Å². The van der Waals surface area contributed by atoms with Crippen LogP contribution in [0, 0.1) is 0 Å². The molecule has 2 rings (SSSR count). The number of nitrogen functional groups attached to an aromatic ring is 1. The van der Waals surface area contributed by atoms with Crippen LogP contribution in [0.15, 0.2) is 36.5 Å². The van der Waals surface area contributed by atoms with Crippen LogP contribution in [-0.2, 0) is 6.54 Å². The van der Waals surface area contributed by atoms with Crippen molar-refractivity contribution in [3.05, 3.63) is 52.1 Å². The molecule has 0 unspecified atom stereocenters. The second-order valence-corrected chi connectivity index (χ2v) is 4.86. The Hall–Kier alpha value is -1.45. The highest BCUT2D eigenvalue weighted by molar-refractivity contribution is 6.31. The number of pyridine rings is 1. The number of benzene rings is 1. The van der Waals surface area contributed by atoms with E-state index >= 15 is 0 Å². The minimum Gasteiger partial charge on any atom is -0.396 e. The average Bonchev–Trinajstić information content (AvgIpc) is 2.32. The van der Waals surface area contributed by atoms with E-state index in [1.54, 1.807) is 12.3 Å². The van der Waals surface area contributed by atoms with Crippen molar-refractivity contribution in [2.45, 2.75) is 6.54 Å². The van der Waals surface area contributed by atoms with Gasteiger partial charge in [-0.05, 0) is 17.7 Å². The van der Waals surface area contributed by atoms with Crippen LogP contribution in [0.4, 0.5) is 11.5 Å². The first-order chi connectivity index (χ1) is 8.58. The number of nitrogens with two attached hydrogens (primary N) is 1. The molecule has 0 saturated carbocycles. The Labute approximate surface area is 116 Å². The summed E-state index contributed by atoms with van der Waals surface area (Å²) < 4.78 is 0. The second-order valence-electron chi connectivity index (χ2n) is 4.01. The predicted octanol–water partition coefficient (Wildman–Crippen LogP) is 3.61. The molecule has 0 aliphatic heterocycles. The van der Waals surface area contributed by atoms with Crippen LogP contribution in [0.5, 0.6) is 0 Å². The fraction of sp³-hybridized carbons (Fsp3) is 0.154. The van der Waals surface area contributed by atoms with Crippen molar-refractivity contribution in [1.82, 2.24) is 4.98 Å². The van der Waals surface area contributed by atoms with Gasteiger partial charge in [-0.1, -0.05) is 41.4 Å². The normalized spacial score (nSPS) is 10.4. The van der Waals surface area contributed by atoms with E-state index in [-0.39, 0.29) is 0 Å². The van der Waals surface area contributed by atoms with Gasteiger partial charge in [0, 0.05) is 24.8 Å². The van der Waals surface area contributed by atoms with Crippen LogP contribution in [-0.4, -0.2) is 12.0 Å². The molecule has 0 fully saturated rings. The van der Waals surface area contributed by atoms with Crippen LogP contribution >= 0.6 is 23.2 Å². The Bertz CT molecular complexity index is 558. The standard InChI is InChI=1S/C13H13Cl2N3/c1-18(8-9-4-2-3-5-11(9)15)13-12(16)6-10(14)7-17-13/h2-7H,8,16H2,1H3. The Morgan fingerprint density at radius 2 is 2.00 bits per heavy atom. The molecule has 0 aliphatic rings. The van der Waals surface area contributed by atoms with Gasteiger partial charge in [-0.15, -0.1) is 0 Å². The molecule has 1 aromatic carbocycles. The molecule has 0 atom stereocenters. The van der Waals surface area contributed by atoms with Gasteiger partial charge >= 0.3 is 0 Å². The quantitative estimate of drug-likeness (QED) is 0.935. The molecular weight excluding hydrogens is 269 g/mol. The summed E-state index contributed by atoms with van der Waals surface area (Å²) in [5, 5.41) is 1.26. The summed E-state index contributed by atoms with van der Waals surface area (Å²) in [4.78, 5) is 6.17. The van der Waals surface area contributed by atoms with E-state index in [1.165, 1.54) is 0 Å². The van der Waals surface area contributed by atoms with Gasteiger partial charge in [-0.25, -0.2) is 4.98 Å². The summed E-state index contributed by atoms with van der Waals surface area (Å²) in [6, 6.07) is 9.38. The zero-order valence-electron chi connectivity index (χ0n) is 9.90.